The lowest BCUT2D eigenvalue weighted by Crippen LogP contribution is -2.43. The number of hydrogen-bond donors (Lipinski definition) is 2. The van der Waals surface area contributed by atoms with Gasteiger partial charge in [-0.05, 0) is 37.5 Å². The van der Waals surface area contributed by atoms with Crippen LogP contribution in [0.15, 0.2) is 53.3 Å². The van der Waals surface area contributed by atoms with Crippen molar-refractivity contribution in [1.29, 1.82) is 0 Å². The maximum atomic E-state index is 12.8. The van der Waals surface area contributed by atoms with Crippen LogP contribution in [0, 0.1) is 0 Å². The number of unbranched alkanes of at least 4 members (excludes halogenated alkanes) is 2. The molecule has 2 N–H and O–H groups in total. The minimum Gasteiger partial charge on any atom is -0.494 e. The second-order valence-corrected chi connectivity index (χ2v) is 7.67. The summed E-state index contributed by atoms with van der Waals surface area (Å²) >= 11 is 0. The topological polar surface area (TPSA) is 102 Å². The van der Waals surface area contributed by atoms with E-state index in [2.05, 4.69) is 22.9 Å². The second-order valence-electron chi connectivity index (χ2n) is 7.67. The maximum absolute atomic E-state index is 12.8. The van der Waals surface area contributed by atoms with E-state index in [1.54, 1.807) is 24.3 Å². The monoisotopic (exact) mass is 450 g/mol. The van der Waals surface area contributed by atoms with Gasteiger partial charge in [0.1, 0.15) is 5.75 Å². The summed E-state index contributed by atoms with van der Waals surface area (Å²) in [6.45, 7) is 4.96. The third kappa shape index (κ3) is 6.19. The van der Waals surface area contributed by atoms with Crippen LogP contribution in [0.1, 0.15) is 55.6 Å². The van der Waals surface area contributed by atoms with Crippen LogP contribution in [-0.4, -0.2) is 28.2 Å². The minimum absolute atomic E-state index is 0.101. The van der Waals surface area contributed by atoms with Gasteiger partial charge in [0, 0.05) is 18.4 Å². The van der Waals surface area contributed by atoms with E-state index in [4.69, 9.17) is 4.74 Å². The third-order valence-electron chi connectivity index (χ3n) is 5.27. The summed E-state index contributed by atoms with van der Waals surface area (Å²) in [5.74, 6) is -0.161. The Kier molecular flexibility index (Phi) is 8.57. The molecule has 0 aliphatic rings. The summed E-state index contributed by atoms with van der Waals surface area (Å²) in [5, 5.41) is 5.17. The maximum Gasteiger partial charge on any atom is 0.290 e. The molecule has 0 unspecified atom stereocenters. The molecule has 0 atom stereocenters. The molecule has 0 fully saturated rings. The minimum atomic E-state index is -0.571. The molecule has 3 aromatic rings. The molecular formula is C25H30N4O4. The molecule has 0 aliphatic carbocycles. The predicted octanol–water partition coefficient (Wildman–Crippen LogP) is 3.38. The van der Waals surface area contributed by atoms with Gasteiger partial charge in [0.15, 0.2) is 5.69 Å². The zero-order valence-electron chi connectivity index (χ0n) is 19.1. The highest BCUT2D eigenvalue weighted by Gasteiger charge is 2.17. The van der Waals surface area contributed by atoms with Gasteiger partial charge in [0.25, 0.3) is 11.5 Å². The largest absolute Gasteiger partial charge is 0.494 e. The lowest BCUT2D eigenvalue weighted by Gasteiger charge is -2.12. The first-order valence-electron chi connectivity index (χ1n) is 11.3. The van der Waals surface area contributed by atoms with Gasteiger partial charge in [-0.15, -0.1) is 0 Å². The molecule has 1 heterocycles. The molecule has 1 aromatic heterocycles. The van der Waals surface area contributed by atoms with E-state index in [-0.39, 0.29) is 23.6 Å². The summed E-state index contributed by atoms with van der Waals surface area (Å²) in [6, 6.07) is 14.4. The van der Waals surface area contributed by atoms with Crippen molar-refractivity contribution in [3.05, 3.63) is 70.1 Å². The smallest absolute Gasteiger partial charge is 0.290 e. The van der Waals surface area contributed by atoms with Gasteiger partial charge < -0.3 is 4.74 Å². The Labute approximate surface area is 192 Å². The zero-order valence-corrected chi connectivity index (χ0v) is 19.1. The summed E-state index contributed by atoms with van der Waals surface area (Å²) in [6.07, 6.45) is 3.42. The van der Waals surface area contributed by atoms with E-state index in [9.17, 15) is 14.4 Å². The molecule has 0 saturated carbocycles. The number of amides is 2. The molecule has 3 rings (SSSR count). The molecule has 0 radical (unpaired) electrons. The van der Waals surface area contributed by atoms with Gasteiger partial charge in [-0.3, -0.25) is 25.2 Å². The Morgan fingerprint density at radius 2 is 1.70 bits per heavy atom. The molecule has 33 heavy (non-hydrogen) atoms. The van der Waals surface area contributed by atoms with Crippen molar-refractivity contribution in [2.75, 3.05) is 6.61 Å². The fourth-order valence-electron chi connectivity index (χ4n) is 3.57. The van der Waals surface area contributed by atoms with Crippen LogP contribution in [0.3, 0.4) is 0 Å². The number of nitrogens with one attached hydrogen (secondary N) is 2. The van der Waals surface area contributed by atoms with Crippen molar-refractivity contribution in [1.82, 2.24) is 20.6 Å². The lowest BCUT2D eigenvalue weighted by molar-refractivity contribution is -0.121. The number of hydrazine groups is 1. The number of hydrogen-bond acceptors (Lipinski definition) is 5. The van der Waals surface area contributed by atoms with Crippen LogP contribution < -0.4 is 21.1 Å². The number of para-hydroxylation sites is 1. The van der Waals surface area contributed by atoms with Crippen LogP contribution in [0.5, 0.6) is 5.75 Å². The Morgan fingerprint density at radius 3 is 2.45 bits per heavy atom. The van der Waals surface area contributed by atoms with Crippen LogP contribution >= 0.6 is 0 Å². The normalized spacial score (nSPS) is 10.7. The van der Waals surface area contributed by atoms with Crippen LogP contribution in [0.2, 0.25) is 0 Å². The van der Waals surface area contributed by atoms with Crippen molar-refractivity contribution in [2.24, 2.45) is 0 Å². The van der Waals surface area contributed by atoms with Crippen molar-refractivity contribution < 1.29 is 14.3 Å². The van der Waals surface area contributed by atoms with Crippen molar-refractivity contribution in [3.8, 4) is 5.75 Å². The fourth-order valence-corrected chi connectivity index (χ4v) is 3.57. The number of aryl methyl sites for hydroxylation is 2. The predicted molar refractivity (Wildman–Crippen MR) is 127 cm³/mol. The molecule has 8 nitrogen and oxygen atoms in total. The zero-order chi connectivity index (χ0) is 23.6. The van der Waals surface area contributed by atoms with Gasteiger partial charge >= 0.3 is 0 Å². The molecule has 0 saturated heterocycles. The number of aromatic nitrogens is 2. The molecule has 0 bridgehead atoms. The number of benzene rings is 2. The highest BCUT2D eigenvalue weighted by atomic mass is 16.5. The van der Waals surface area contributed by atoms with Crippen LogP contribution in [0.4, 0.5) is 0 Å². The van der Waals surface area contributed by atoms with E-state index in [1.807, 2.05) is 31.2 Å². The van der Waals surface area contributed by atoms with Gasteiger partial charge in [-0.25, -0.2) is 4.68 Å². The number of rotatable bonds is 10. The number of ether oxygens (including phenoxy) is 1. The van der Waals surface area contributed by atoms with E-state index >= 15 is 0 Å². The average Bonchev–Trinajstić information content (AvgIpc) is 2.84. The first-order chi connectivity index (χ1) is 16.0. The molecule has 174 valence electrons. The molecule has 2 amide bonds. The third-order valence-corrected chi connectivity index (χ3v) is 5.27. The molecule has 2 aromatic carbocycles. The Bertz CT molecular complexity index is 1170. The van der Waals surface area contributed by atoms with Crippen LogP contribution in [0.25, 0.3) is 10.8 Å². The number of carbonyl (C=O) groups excluding carboxylic acids is 2. The standard InChI is InChI=1S/C25H30N4O4/c1-3-5-10-17-29-25(32)20-13-8-7-12-19(20)23(28-29)24(31)27-26-22(30)16-15-18-11-6-9-14-21(18)33-4-2/h6-9,11-14H,3-5,10,15-17H2,1-2H3,(H,26,30)(H,27,31). The Morgan fingerprint density at radius 1 is 0.970 bits per heavy atom. The number of nitrogens with zero attached hydrogens (tertiary/aromatic N) is 2. The molecule has 8 heteroatoms. The van der Waals surface area contributed by atoms with Crippen molar-refractivity contribution in [3.63, 3.8) is 0 Å². The second kappa shape index (κ2) is 11.8. The number of carbonyl (C=O) groups is 2. The van der Waals surface area contributed by atoms with Gasteiger partial charge in [0.05, 0.1) is 12.0 Å². The van der Waals surface area contributed by atoms with E-state index in [1.165, 1.54) is 4.68 Å². The first-order valence-corrected chi connectivity index (χ1v) is 11.3. The molecular weight excluding hydrogens is 420 g/mol. The van der Waals surface area contributed by atoms with E-state index in [0.29, 0.717) is 30.3 Å². The van der Waals surface area contributed by atoms with Gasteiger partial charge in [0.2, 0.25) is 5.91 Å². The SMILES string of the molecule is CCCCCn1nc(C(=O)NNC(=O)CCc2ccccc2OCC)c2ccccc2c1=O. The van der Waals surface area contributed by atoms with Crippen molar-refractivity contribution in [2.45, 2.75) is 52.5 Å². The fraction of sp³-hybridized carbons (Fsp3) is 0.360. The van der Waals surface area contributed by atoms with Gasteiger partial charge in [-0.2, -0.15) is 5.10 Å². The van der Waals surface area contributed by atoms with Crippen LogP contribution in [-0.2, 0) is 17.8 Å². The first kappa shape index (κ1) is 24.0. The summed E-state index contributed by atoms with van der Waals surface area (Å²) in [5.41, 5.74) is 5.68. The lowest BCUT2D eigenvalue weighted by atomic mass is 10.1. The Balaban J connectivity index is 1.68. The number of fused-ring (bicyclic) bond motifs is 1. The van der Waals surface area contributed by atoms with Crippen molar-refractivity contribution >= 4 is 22.6 Å². The quantitative estimate of drug-likeness (QED) is 0.364. The summed E-state index contributed by atoms with van der Waals surface area (Å²) in [7, 11) is 0. The highest BCUT2D eigenvalue weighted by molar-refractivity contribution is 6.05. The molecule has 0 spiro atoms. The highest BCUT2D eigenvalue weighted by Crippen LogP contribution is 2.19. The summed E-state index contributed by atoms with van der Waals surface area (Å²) < 4.78 is 6.92. The van der Waals surface area contributed by atoms with Gasteiger partial charge in [-0.1, -0.05) is 56.2 Å². The summed E-state index contributed by atoms with van der Waals surface area (Å²) in [4.78, 5) is 37.9. The molecule has 0 aliphatic heterocycles. The Hall–Kier alpha value is -3.68. The van der Waals surface area contributed by atoms with E-state index in [0.717, 1.165) is 30.6 Å². The average molecular weight is 451 g/mol. The van der Waals surface area contributed by atoms with E-state index < -0.39 is 5.91 Å².